The third-order valence-electron chi connectivity index (χ3n) is 8.52. The summed E-state index contributed by atoms with van der Waals surface area (Å²) in [6.45, 7) is 4.29. The van der Waals surface area contributed by atoms with Crippen LogP contribution < -0.4 is 5.32 Å². The summed E-state index contributed by atoms with van der Waals surface area (Å²) >= 11 is 0. The zero-order chi connectivity index (χ0) is 30.1. The predicted molar refractivity (Wildman–Crippen MR) is 179 cm³/mol. The molecular formula is C37H73NO3. The largest absolute Gasteiger partial charge is 0.394 e. The molecule has 2 unspecified atom stereocenters. The molecule has 0 rings (SSSR count). The van der Waals surface area contributed by atoms with E-state index in [0.717, 1.165) is 25.7 Å². The molecule has 0 aliphatic heterocycles. The third kappa shape index (κ3) is 30.4. The molecule has 0 bridgehead atoms. The summed E-state index contributed by atoms with van der Waals surface area (Å²) in [5.74, 6) is -0.0634. The van der Waals surface area contributed by atoms with Gasteiger partial charge in [0.2, 0.25) is 5.91 Å². The van der Waals surface area contributed by atoms with Crippen LogP contribution in [0.3, 0.4) is 0 Å². The Bertz CT molecular complexity index is 550. The van der Waals surface area contributed by atoms with E-state index in [9.17, 15) is 15.0 Å². The van der Waals surface area contributed by atoms with Crippen molar-refractivity contribution in [3.05, 3.63) is 12.2 Å². The van der Waals surface area contributed by atoms with Crippen molar-refractivity contribution in [2.24, 2.45) is 0 Å². The van der Waals surface area contributed by atoms with Crippen LogP contribution in [0.1, 0.15) is 200 Å². The molecule has 0 saturated heterocycles. The average Bonchev–Trinajstić information content (AvgIpc) is 2.97. The number of carbonyl (C=O) groups excluding carboxylic acids is 1. The van der Waals surface area contributed by atoms with Crippen molar-refractivity contribution in [1.82, 2.24) is 5.32 Å². The van der Waals surface area contributed by atoms with Gasteiger partial charge in [-0.2, -0.15) is 0 Å². The minimum Gasteiger partial charge on any atom is -0.394 e. The van der Waals surface area contributed by atoms with E-state index in [1.165, 1.54) is 154 Å². The molecule has 0 saturated carbocycles. The molecule has 4 heteroatoms. The van der Waals surface area contributed by atoms with E-state index >= 15 is 0 Å². The minimum absolute atomic E-state index is 0.0634. The number of carbonyl (C=O) groups is 1. The van der Waals surface area contributed by atoms with Crippen LogP contribution in [0, 0.1) is 0 Å². The van der Waals surface area contributed by atoms with Gasteiger partial charge in [-0.25, -0.2) is 0 Å². The number of rotatable bonds is 33. The first kappa shape index (κ1) is 40.1. The lowest BCUT2D eigenvalue weighted by Crippen LogP contribution is -2.45. The van der Waals surface area contributed by atoms with Crippen LogP contribution in [0.15, 0.2) is 12.2 Å². The van der Waals surface area contributed by atoms with Crippen molar-refractivity contribution in [2.45, 2.75) is 212 Å². The number of allylic oxidation sites excluding steroid dienone is 1. The van der Waals surface area contributed by atoms with E-state index in [1.807, 2.05) is 6.08 Å². The highest BCUT2D eigenvalue weighted by Crippen LogP contribution is 2.15. The van der Waals surface area contributed by atoms with Crippen LogP contribution in [-0.2, 0) is 4.79 Å². The van der Waals surface area contributed by atoms with Crippen molar-refractivity contribution >= 4 is 5.91 Å². The zero-order valence-corrected chi connectivity index (χ0v) is 27.8. The fraction of sp³-hybridized carbons (Fsp3) is 0.919. The quantitative estimate of drug-likeness (QED) is 0.0535. The van der Waals surface area contributed by atoms with E-state index in [-0.39, 0.29) is 12.5 Å². The van der Waals surface area contributed by atoms with Gasteiger partial charge in [-0.15, -0.1) is 0 Å². The number of hydrogen-bond acceptors (Lipinski definition) is 3. The highest BCUT2D eigenvalue weighted by Gasteiger charge is 2.17. The lowest BCUT2D eigenvalue weighted by molar-refractivity contribution is -0.123. The summed E-state index contributed by atoms with van der Waals surface area (Å²) in [6, 6.07) is -0.613. The smallest absolute Gasteiger partial charge is 0.220 e. The van der Waals surface area contributed by atoms with Crippen LogP contribution in [0.2, 0.25) is 0 Å². The van der Waals surface area contributed by atoms with Gasteiger partial charge in [-0.3, -0.25) is 4.79 Å². The first-order valence-corrected chi connectivity index (χ1v) is 18.4. The number of aliphatic hydroxyl groups is 2. The monoisotopic (exact) mass is 580 g/mol. The van der Waals surface area contributed by atoms with Crippen LogP contribution in [-0.4, -0.2) is 34.9 Å². The van der Waals surface area contributed by atoms with Crippen molar-refractivity contribution in [3.63, 3.8) is 0 Å². The summed E-state index contributed by atoms with van der Waals surface area (Å²) in [4.78, 5) is 12.3. The fourth-order valence-corrected chi connectivity index (χ4v) is 5.65. The Morgan fingerprint density at radius 3 is 1.27 bits per heavy atom. The van der Waals surface area contributed by atoms with E-state index in [2.05, 4.69) is 19.2 Å². The number of nitrogens with one attached hydrogen (secondary N) is 1. The molecule has 0 aliphatic rings. The Labute approximate surface area is 256 Å². The summed E-state index contributed by atoms with van der Waals surface area (Å²) in [7, 11) is 0. The highest BCUT2D eigenvalue weighted by molar-refractivity contribution is 5.76. The van der Waals surface area contributed by atoms with Crippen molar-refractivity contribution in [2.75, 3.05) is 6.61 Å². The number of aliphatic hydroxyl groups excluding tert-OH is 2. The van der Waals surface area contributed by atoms with E-state index in [4.69, 9.17) is 0 Å². The molecule has 0 spiro atoms. The van der Waals surface area contributed by atoms with Gasteiger partial charge in [0.25, 0.3) is 0 Å². The van der Waals surface area contributed by atoms with Gasteiger partial charge in [0.1, 0.15) is 0 Å². The number of hydrogen-bond donors (Lipinski definition) is 3. The molecule has 0 fully saturated rings. The van der Waals surface area contributed by atoms with E-state index in [1.54, 1.807) is 6.08 Å². The fourth-order valence-electron chi connectivity index (χ4n) is 5.65. The number of unbranched alkanes of at least 4 members (excludes halogenated alkanes) is 26. The first-order valence-electron chi connectivity index (χ1n) is 18.4. The maximum Gasteiger partial charge on any atom is 0.220 e. The van der Waals surface area contributed by atoms with Gasteiger partial charge >= 0.3 is 0 Å². The normalized spacial score (nSPS) is 13.2. The Morgan fingerprint density at radius 1 is 0.561 bits per heavy atom. The number of amides is 1. The van der Waals surface area contributed by atoms with Gasteiger partial charge in [0.15, 0.2) is 0 Å². The van der Waals surface area contributed by atoms with Crippen molar-refractivity contribution in [1.29, 1.82) is 0 Å². The Hall–Kier alpha value is -0.870. The molecule has 3 N–H and O–H groups in total. The zero-order valence-electron chi connectivity index (χ0n) is 27.8. The molecule has 0 heterocycles. The summed E-state index contributed by atoms with van der Waals surface area (Å²) in [5, 5.41) is 22.8. The van der Waals surface area contributed by atoms with Crippen LogP contribution in [0.4, 0.5) is 0 Å². The van der Waals surface area contributed by atoms with E-state index in [0.29, 0.717) is 6.42 Å². The molecule has 0 aromatic heterocycles. The second kappa shape index (κ2) is 33.6. The SMILES string of the molecule is CCCCCCCCCC/C=C/C(O)C(CO)NC(=O)CCCCCCCCCCCCCCCCCCCCC. The molecular weight excluding hydrogens is 506 g/mol. The van der Waals surface area contributed by atoms with Gasteiger partial charge < -0.3 is 15.5 Å². The van der Waals surface area contributed by atoms with Gasteiger partial charge in [0.05, 0.1) is 18.8 Å². The van der Waals surface area contributed by atoms with Gasteiger partial charge in [-0.05, 0) is 19.3 Å². The van der Waals surface area contributed by atoms with Crippen molar-refractivity contribution in [3.8, 4) is 0 Å². The maximum absolute atomic E-state index is 12.3. The summed E-state index contributed by atoms with van der Waals surface area (Å²) in [5.41, 5.74) is 0. The first-order chi connectivity index (χ1) is 20.2. The Morgan fingerprint density at radius 2 is 0.902 bits per heavy atom. The molecule has 4 nitrogen and oxygen atoms in total. The standard InChI is InChI=1S/C37H73NO3/c1-3-5-7-9-11-13-15-16-17-18-19-20-21-22-23-25-27-29-31-33-37(41)38-35(34-39)36(40)32-30-28-26-24-14-12-10-8-6-4-2/h30,32,35-36,39-40H,3-29,31,33-34H2,1-2H3,(H,38,41)/b32-30+. The summed E-state index contributed by atoms with van der Waals surface area (Å²) < 4.78 is 0. The molecule has 41 heavy (non-hydrogen) atoms. The summed E-state index contributed by atoms with van der Waals surface area (Å²) in [6.07, 6.45) is 40.1. The highest BCUT2D eigenvalue weighted by atomic mass is 16.3. The Kier molecular flexibility index (Phi) is 32.9. The molecule has 2 atom stereocenters. The topological polar surface area (TPSA) is 69.6 Å². The lowest BCUT2D eigenvalue weighted by atomic mass is 10.0. The Balaban J connectivity index is 3.53. The van der Waals surface area contributed by atoms with Crippen LogP contribution in [0.5, 0.6) is 0 Å². The minimum atomic E-state index is -0.830. The van der Waals surface area contributed by atoms with Crippen molar-refractivity contribution < 1.29 is 15.0 Å². The average molecular weight is 580 g/mol. The third-order valence-corrected chi connectivity index (χ3v) is 8.52. The molecule has 0 aromatic carbocycles. The molecule has 0 aromatic rings. The lowest BCUT2D eigenvalue weighted by Gasteiger charge is -2.20. The molecule has 244 valence electrons. The second-order valence-electron chi connectivity index (χ2n) is 12.7. The van der Waals surface area contributed by atoms with Gasteiger partial charge in [-0.1, -0.05) is 187 Å². The van der Waals surface area contributed by atoms with Crippen LogP contribution >= 0.6 is 0 Å². The predicted octanol–water partition coefficient (Wildman–Crippen LogP) is 10.7. The molecule has 0 aliphatic carbocycles. The van der Waals surface area contributed by atoms with Gasteiger partial charge in [0, 0.05) is 6.42 Å². The second-order valence-corrected chi connectivity index (χ2v) is 12.7. The molecule has 0 radical (unpaired) electrons. The maximum atomic E-state index is 12.3. The molecule has 1 amide bonds. The van der Waals surface area contributed by atoms with E-state index < -0.39 is 12.1 Å². The van der Waals surface area contributed by atoms with Crippen LogP contribution in [0.25, 0.3) is 0 Å².